The van der Waals surface area contributed by atoms with Crippen molar-refractivity contribution in [2.45, 2.75) is 59.1 Å². The van der Waals surface area contributed by atoms with E-state index in [1.807, 2.05) is 0 Å². The van der Waals surface area contributed by atoms with E-state index in [-0.39, 0.29) is 24.0 Å². The van der Waals surface area contributed by atoms with E-state index in [1.54, 1.807) is 0 Å². The second-order valence-electron chi connectivity index (χ2n) is 7.08. The molecule has 144 valence electrons. The molecule has 0 amide bonds. The third kappa shape index (κ3) is 8.85. The fourth-order valence-corrected chi connectivity index (χ4v) is 3.08. The standard InChI is InChI=1S/C18H38N4O.HI/c1-7-19-18(20-14-16(21(5)6)13-15(3)4)22-11-9-17(10-12-22)23-8-2;/h15-17H,7-14H2,1-6H3,(H,19,20);1H. The molecule has 1 fully saturated rings. The van der Waals surface area contributed by atoms with Crippen LogP contribution >= 0.6 is 24.0 Å². The van der Waals surface area contributed by atoms with Gasteiger partial charge < -0.3 is 19.9 Å². The summed E-state index contributed by atoms with van der Waals surface area (Å²) < 4.78 is 5.75. The Hall–Kier alpha value is -0.0800. The normalized spacial score (nSPS) is 18.0. The highest BCUT2D eigenvalue weighted by Crippen LogP contribution is 2.14. The monoisotopic (exact) mass is 454 g/mol. The maximum absolute atomic E-state index is 5.75. The molecule has 1 aliphatic heterocycles. The molecule has 0 spiro atoms. The molecule has 1 rings (SSSR count). The van der Waals surface area contributed by atoms with Gasteiger partial charge in [-0.15, -0.1) is 24.0 Å². The molecule has 1 aliphatic rings. The quantitative estimate of drug-likeness (QED) is 0.348. The lowest BCUT2D eigenvalue weighted by Crippen LogP contribution is -2.47. The first kappa shape index (κ1) is 23.9. The van der Waals surface area contributed by atoms with Crippen molar-refractivity contribution >= 4 is 29.9 Å². The number of nitrogens with zero attached hydrogens (tertiary/aromatic N) is 3. The van der Waals surface area contributed by atoms with Crippen LogP contribution in [0, 0.1) is 5.92 Å². The van der Waals surface area contributed by atoms with Crippen LogP contribution in [-0.2, 0) is 4.74 Å². The molecule has 1 saturated heterocycles. The minimum absolute atomic E-state index is 0. The van der Waals surface area contributed by atoms with Crippen LogP contribution in [0.25, 0.3) is 0 Å². The van der Waals surface area contributed by atoms with Crippen molar-refractivity contribution in [3.63, 3.8) is 0 Å². The van der Waals surface area contributed by atoms with Crippen LogP contribution in [0.2, 0.25) is 0 Å². The van der Waals surface area contributed by atoms with E-state index in [0.29, 0.717) is 18.1 Å². The molecule has 1 atom stereocenters. The number of likely N-dealkylation sites (N-methyl/N-ethyl adjacent to an activating group) is 1. The van der Waals surface area contributed by atoms with Crippen molar-refractivity contribution in [2.75, 3.05) is 46.9 Å². The summed E-state index contributed by atoms with van der Waals surface area (Å²) in [5.74, 6) is 1.76. The molecule has 0 saturated carbocycles. The predicted molar refractivity (Wildman–Crippen MR) is 115 cm³/mol. The van der Waals surface area contributed by atoms with E-state index in [4.69, 9.17) is 9.73 Å². The van der Waals surface area contributed by atoms with Crippen LogP contribution in [0.4, 0.5) is 0 Å². The first-order valence-corrected chi connectivity index (χ1v) is 9.29. The molecule has 0 aromatic rings. The van der Waals surface area contributed by atoms with Crippen molar-refractivity contribution in [1.82, 2.24) is 15.1 Å². The fraction of sp³-hybridized carbons (Fsp3) is 0.944. The number of aliphatic imine (C=N–C) groups is 1. The van der Waals surface area contributed by atoms with Crippen molar-refractivity contribution < 1.29 is 4.74 Å². The molecular weight excluding hydrogens is 415 g/mol. The Labute approximate surface area is 166 Å². The number of likely N-dealkylation sites (tertiary alicyclic amines) is 1. The van der Waals surface area contributed by atoms with Crippen LogP contribution in [0.1, 0.15) is 47.0 Å². The molecule has 5 nitrogen and oxygen atoms in total. The zero-order valence-corrected chi connectivity index (χ0v) is 18.9. The van der Waals surface area contributed by atoms with Gasteiger partial charge >= 0.3 is 0 Å². The number of ether oxygens (including phenoxy) is 1. The highest BCUT2D eigenvalue weighted by atomic mass is 127. The molecular formula is C18H39IN4O. The Balaban J connectivity index is 0.00000529. The third-order valence-corrected chi connectivity index (χ3v) is 4.40. The summed E-state index contributed by atoms with van der Waals surface area (Å²) in [7, 11) is 4.31. The van der Waals surface area contributed by atoms with E-state index in [1.165, 1.54) is 6.42 Å². The number of piperidine rings is 1. The largest absolute Gasteiger partial charge is 0.378 e. The van der Waals surface area contributed by atoms with E-state index in [0.717, 1.165) is 51.6 Å². The van der Waals surface area contributed by atoms with E-state index >= 15 is 0 Å². The Morgan fingerprint density at radius 3 is 2.33 bits per heavy atom. The van der Waals surface area contributed by atoms with Crippen molar-refractivity contribution in [1.29, 1.82) is 0 Å². The summed E-state index contributed by atoms with van der Waals surface area (Å²) in [5.41, 5.74) is 0. The van der Waals surface area contributed by atoms with Gasteiger partial charge in [-0.25, -0.2) is 0 Å². The average molecular weight is 454 g/mol. The Morgan fingerprint density at radius 1 is 1.25 bits per heavy atom. The van der Waals surface area contributed by atoms with Crippen molar-refractivity contribution in [2.24, 2.45) is 10.9 Å². The molecule has 1 unspecified atom stereocenters. The van der Waals surface area contributed by atoms with Gasteiger partial charge in [0.1, 0.15) is 0 Å². The van der Waals surface area contributed by atoms with E-state index in [9.17, 15) is 0 Å². The minimum atomic E-state index is 0. The summed E-state index contributed by atoms with van der Waals surface area (Å²) >= 11 is 0. The number of hydrogen-bond acceptors (Lipinski definition) is 3. The second-order valence-corrected chi connectivity index (χ2v) is 7.08. The second kappa shape index (κ2) is 13.2. The van der Waals surface area contributed by atoms with Crippen LogP contribution < -0.4 is 5.32 Å². The lowest BCUT2D eigenvalue weighted by molar-refractivity contribution is 0.0263. The average Bonchev–Trinajstić information content (AvgIpc) is 2.50. The molecule has 0 bridgehead atoms. The van der Waals surface area contributed by atoms with Crippen LogP contribution in [0.15, 0.2) is 4.99 Å². The van der Waals surface area contributed by atoms with Crippen molar-refractivity contribution in [3.05, 3.63) is 0 Å². The van der Waals surface area contributed by atoms with Gasteiger partial charge in [-0.05, 0) is 53.1 Å². The van der Waals surface area contributed by atoms with Gasteiger partial charge in [0.2, 0.25) is 0 Å². The maximum Gasteiger partial charge on any atom is 0.193 e. The predicted octanol–water partition coefficient (Wildman–Crippen LogP) is 3.05. The molecule has 0 aromatic carbocycles. The molecule has 1 N–H and O–H groups in total. The minimum Gasteiger partial charge on any atom is -0.378 e. The third-order valence-electron chi connectivity index (χ3n) is 4.40. The van der Waals surface area contributed by atoms with Gasteiger partial charge in [0.05, 0.1) is 12.6 Å². The molecule has 6 heteroatoms. The first-order valence-electron chi connectivity index (χ1n) is 9.29. The fourth-order valence-electron chi connectivity index (χ4n) is 3.08. The molecule has 24 heavy (non-hydrogen) atoms. The molecule has 0 radical (unpaired) electrons. The number of rotatable bonds is 8. The molecule has 1 heterocycles. The van der Waals surface area contributed by atoms with Gasteiger partial charge in [0.15, 0.2) is 5.96 Å². The zero-order valence-electron chi connectivity index (χ0n) is 16.5. The van der Waals surface area contributed by atoms with Crippen LogP contribution in [0.3, 0.4) is 0 Å². The Morgan fingerprint density at radius 2 is 1.88 bits per heavy atom. The summed E-state index contributed by atoms with van der Waals surface area (Å²) in [6, 6.07) is 0.504. The zero-order chi connectivity index (χ0) is 17.2. The lowest BCUT2D eigenvalue weighted by Gasteiger charge is -2.34. The van der Waals surface area contributed by atoms with E-state index in [2.05, 4.69) is 56.9 Å². The van der Waals surface area contributed by atoms with E-state index < -0.39 is 0 Å². The number of nitrogens with one attached hydrogen (secondary N) is 1. The first-order chi connectivity index (χ1) is 11.0. The maximum atomic E-state index is 5.75. The summed E-state index contributed by atoms with van der Waals surface area (Å²) in [6.45, 7) is 13.4. The Bertz CT molecular complexity index is 342. The smallest absolute Gasteiger partial charge is 0.193 e. The van der Waals surface area contributed by atoms with Crippen molar-refractivity contribution in [3.8, 4) is 0 Å². The lowest BCUT2D eigenvalue weighted by atomic mass is 10.0. The number of hydrogen-bond donors (Lipinski definition) is 1. The SMILES string of the molecule is CCNC(=NCC(CC(C)C)N(C)C)N1CCC(OCC)CC1.I. The van der Waals surface area contributed by atoms with Gasteiger partial charge in [-0.1, -0.05) is 13.8 Å². The summed E-state index contributed by atoms with van der Waals surface area (Å²) in [5, 5.41) is 3.46. The molecule has 0 aromatic heterocycles. The van der Waals surface area contributed by atoms with Gasteiger partial charge in [0.25, 0.3) is 0 Å². The summed E-state index contributed by atoms with van der Waals surface area (Å²) in [4.78, 5) is 9.62. The van der Waals surface area contributed by atoms with Gasteiger partial charge in [0, 0.05) is 32.3 Å². The molecule has 0 aliphatic carbocycles. The van der Waals surface area contributed by atoms with Gasteiger partial charge in [-0.3, -0.25) is 4.99 Å². The highest BCUT2D eigenvalue weighted by Gasteiger charge is 2.22. The summed E-state index contributed by atoms with van der Waals surface area (Å²) in [6.07, 6.45) is 3.81. The number of guanidine groups is 1. The van der Waals surface area contributed by atoms with Crippen LogP contribution in [-0.4, -0.2) is 74.8 Å². The van der Waals surface area contributed by atoms with Crippen LogP contribution in [0.5, 0.6) is 0 Å². The van der Waals surface area contributed by atoms with Gasteiger partial charge in [-0.2, -0.15) is 0 Å². The number of halogens is 1. The highest BCUT2D eigenvalue weighted by molar-refractivity contribution is 14.0. The Kier molecular flexibility index (Phi) is 13.1. The topological polar surface area (TPSA) is 40.1 Å².